The lowest BCUT2D eigenvalue weighted by atomic mass is 9.92. The SMILES string of the molecule is CCCCNC(=O)N1CCc2c([nH]c3ccc(OC)cc23)[C@H]1c1ccc(F)cc1. The number of aromatic nitrogens is 1. The molecule has 0 bridgehead atoms. The fourth-order valence-corrected chi connectivity index (χ4v) is 4.08. The number of hydrogen-bond donors (Lipinski definition) is 2. The number of nitrogens with one attached hydrogen (secondary N) is 2. The van der Waals surface area contributed by atoms with Crippen molar-refractivity contribution in [3.8, 4) is 5.75 Å². The topological polar surface area (TPSA) is 57.4 Å². The number of carbonyl (C=O) groups is 1. The zero-order valence-corrected chi connectivity index (χ0v) is 16.8. The molecule has 5 nitrogen and oxygen atoms in total. The van der Waals surface area contributed by atoms with Gasteiger partial charge in [-0.25, -0.2) is 9.18 Å². The Morgan fingerprint density at radius 1 is 1.28 bits per heavy atom. The molecule has 0 unspecified atom stereocenters. The first-order valence-electron chi connectivity index (χ1n) is 10.1. The highest BCUT2D eigenvalue weighted by Crippen LogP contribution is 2.39. The van der Waals surface area contributed by atoms with Gasteiger partial charge in [-0.1, -0.05) is 25.5 Å². The Morgan fingerprint density at radius 2 is 2.07 bits per heavy atom. The molecule has 2 heterocycles. The van der Waals surface area contributed by atoms with Crippen LogP contribution in [0.1, 0.15) is 42.6 Å². The van der Waals surface area contributed by atoms with E-state index in [0.717, 1.165) is 47.2 Å². The van der Waals surface area contributed by atoms with Crippen LogP contribution < -0.4 is 10.1 Å². The van der Waals surface area contributed by atoms with Crippen molar-refractivity contribution in [2.75, 3.05) is 20.2 Å². The number of rotatable bonds is 5. The van der Waals surface area contributed by atoms with Gasteiger partial charge >= 0.3 is 6.03 Å². The molecular formula is C23H26FN3O2. The zero-order valence-electron chi connectivity index (χ0n) is 16.8. The fourth-order valence-electron chi connectivity index (χ4n) is 4.08. The predicted molar refractivity (Wildman–Crippen MR) is 112 cm³/mol. The van der Waals surface area contributed by atoms with E-state index in [2.05, 4.69) is 17.2 Å². The van der Waals surface area contributed by atoms with Crippen LogP contribution in [-0.2, 0) is 6.42 Å². The Bertz CT molecular complexity index is 1010. The van der Waals surface area contributed by atoms with Crippen LogP contribution in [-0.4, -0.2) is 36.1 Å². The lowest BCUT2D eigenvalue weighted by molar-refractivity contribution is 0.179. The molecule has 2 aromatic carbocycles. The molecule has 1 atom stereocenters. The van der Waals surface area contributed by atoms with Crippen molar-refractivity contribution in [3.05, 3.63) is 65.1 Å². The monoisotopic (exact) mass is 395 g/mol. The number of urea groups is 1. The first kappa shape index (κ1) is 19.3. The lowest BCUT2D eigenvalue weighted by Crippen LogP contribution is -2.46. The van der Waals surface area contributed by atoms with Crippen LogP contribution in [0.15, 0.2) is 42.5 Å². The Balaban J connectivity index is 1.78. The minimum absolute atomic E-state index is 0.0883. The zero-order chi connectivity index (χ0) is 20.4. The summed E-state index contributed by atoms with van der Waals surface area (Å²) in [5.41, 5.74) is 4.07. The average Bonchev–Trinajstić information content (AvgIpc) is 3.11. The van der Waals surface area contributed by atoms with Crippen molar-refractivity contribution in [3.63, 3.8) is 0 Å². The average molecular weight is 395 g/mol. The molecule has 1 aromatic heterocycles. The Kier molecular flexibility index (Phi) is 5.43. The van der Waals surface area contributed by atoms with E-state index >= 15 is 0 Å². The first-order chi connectivity index (χ1) is 14.1. The number of amides is 2. The Hall–Kier alpha value is -3.02. The third kappa shape index (κ3) is 3.67. The van der Waals surface area contributed by atoms with E-state index in [1.807, 2.05) is 23.1 Å². The Labute approximate surface area is 169 Å². The van der Waals surface area contributed by atoms with E-state index in [9.17, 15) is 9.18 Å². The third-order valence-electron chi connectivity index (χ3n) is 5.59. The van der Waals surface area contributed by atoms with Gasteiger partial charge in [-0.05, 0) is 54.3 Å². The number of carbonyl (C=O) groups excluding carboxylic acids is 1. The molecule has 0 fully saturated rings. The van der Waals surface area contributed by atoms with Gasteiger partial charge in [-0.3, -0.25) is 0 Å². The van der Waals surface area contributed by atoms with Crippen molar-refractivity contribution in [1.29, 1.82) is 0 Å². The number of unbranched alkanes of at least 4 members (excludes halogenated alkanes) is 1. The van der Waals surface area contributed by atoms with Gasteiger partial charge in [0, 0.05) is 29.7 Å². The van der Waals surface area contributed by atoms with Gasteiger partial charge in [-0.2, -0.15) is 0 Å². The van der Waals surface area contributed by atoms with Crippen molar-refractivity contribution in [2.45, 2.75) is 32.2 Å². The van der Waals surface area contributed by atoms with Gasteiger partial charge in [0.15, 0.2) is 0 Å². The molecule has 2 N–H and O–H groups in total. The van der Waals surface area contributed by atoms with Crippen LogP contribution >= 0.6 is 0 Å². The summed E-state index contributed by atoms with van der Waals surface area (Å²) in [6.45, 7) is 3.34. The third-order valence-corrected chi connectivity index (χ3v) is 5.59. The predicted octanol–water partition coefficient (Wildman–Crippen LogP) is 4.77. The minimum Gasteiger partial charge on any atom is -0.497 e. The lowest BCUT2D eigenvalue weighted by Gasteiger charge is -2.36. The quantitative estimate of drug-likeness (QED) is 0.611. The van der Waals surface area contributed by atoms with E-state index in [0.29, 0.717) is 13.1 Å². The van der Waals surface area contributed by atoms with Gasteiger partial charge in [0.05, 0.1) is 13.2 Å². The van der Waals surface area contributed by atoms with E-state index in [1.165, 1.54) is 17.7 Å². The van der Waals surface area contributed by atoms with Crippen LogP contribution in [0.2, 0.25) is 0 Å². The molecule has 1 aliphatic rings. The molecule has 4 rings (SSSR count). The number of nitrogens with zero attached hydrogens (tertiary/aromatic N) is 1. The van der Waals surface area contributed by atoms with Gasteiger partial charge in [0.1, 0.15) is 11.6 Å². The first-order valence-corrected chi connectivity index (χ1v) is 10.1. The number of methoxy groups -OCH3 is 1. The van der Waals surface area contributed by atoms with Crippen molar-refractivity contribution in [1.82, 2.24) is 15.2 Å². The minimum atomic E-state index is -0.292. The summed E-state index contributed by atoms with van der Waals surface area (Å²) < 4.78 is 18.9. The second-order valence-corrected chi connectivity index (χ2v) is 7.41. The molecule has 29 heavy (non-hydrogen) atoms. The second kappa shape index (κ2) is 8.15. The molecule has 1 aliphatic heterocycles. The molecule has 0 aliphatic carbocycles. The highest BCUT2D eigenvalue weighted by atomic mass is 19.1. The summed E-state index contributed by atoms with van der Waals surface area (Å²) in [7, 11) is 1.66. The number of fused-ring (bicyclic) bond motifs is 3. The number of hydrogen-bond acceptors (Lipinski definition) is 2. The molecule has 0 saturated heterocycles. The summed E-state index contributed by atoms with van der Waals surface area (Å²) >= 11 is 0. The van der Waals surface area contributed by atoms with E-state index in [-0.39, 0.29) is 17.9 Å². The van der Waals surface area contributed by atoms with Gasteiger partial charge in [0.2, 0.25) is 0 Å². The number of ether oxygens (including phenoxy) is 1. The van der Waals surface area contributed by atoms with E-state index in [4.69, 9.17) is 4.74 Å². The maximum Gasteiger partial charge on any atom is 0.318 e. The van der Waals surface area contributed by atoms with Crippen LogP contribution in [0.5, 0.6) is 5.75 Å². The maximum atomic E-state index is 13.5. The highest BCUT2D eigenvalue weighted by Gasteiger charge is 2.34. The van der Waals surface area contributed by atoms with Gasteiger partial charge in [0.25, 0.3) is 0 Å². The number of halogens is 1. The summed E-state index contributed by atoms with van der Waals surface area (Å²) in [6, 6.07) is 12.0. The summed E-state index contributed by atoms with van der Waals surface area (Å²) in [6.07, 6.45) is 2.72. The van der Waals surface area contributed by atoms with Crippen LogP contribution in [0, 0.1) is 5.82 Å². The van der Waals surface area contributed by atoms with E-state index < -0.39 is 0 Å². The highest BCUT2D eigenvalue weighted by molar-refractivity contribution is 5.87. The van der Waals surface area contributed by atoms with Crippen molar-refractivity contribution >= 4 is 16.9 Å². The summed E-state index contributed by atoms with van der Waals surface area (Å²) in [4.78, 5) is 18.3. The molecule has 0 saturated carbocycles. The smallest absolute Gasteiger partial charge is 0.318 e. The molecule has 0 spiro atoms. The number of aromatic amines is 1. The molecule has 6 heteroatoms. The van der Waals surface area contributed by atoms with Crippen LogP contribution in [0.25, 0.3) is 10.9 Å². The standard InChI is InChI=1S/C23H26FN3O2/c1-3-4-12-25-23(28)27-13-11-18-19-14-17(29-2)9-10-20(19)26-21(18)22(27)15-5-7-16(24)8-6-15/h5-10,14,22,26H,3-4,11-13H2,1-2H3,(H,25,28)/t22-/m1/s1. The largest absolute Gasteiger partial charge is 0.497 e. The number of H-pyrrole nitrogens is 1. The normalized spacial score (nSPS) is 16.0. The molecule has 0 radical (unpaired) electrons. The van der Waals surface area contributed by atoms with Crippen LogP contribution in [0.3, 0.4) is 0 Å². The summed E-state index contributed by atoms with van der Waals surface area (Å²) in [5, 5.41) is 4.14. The molecule has 2 amide bonds. The fraction of sp³-hybridized carbons (Fsp3) is 0.348. The van der Waals surface area contributed by atoms with Gasteiger partial charge < -0.3 is 19.9 Å². The van der Waals surface area contributed by atoms with Crippen LogP contribution in [0.4, 0.5) is 9.18 Å². The number of benzene rings is 2. The second-order valence-electron chi connectivity index (χ2n) is 7.41. The molecule has 3 aromatic rings. The van der Waals surface area contributed by atoms with Crippen molar-refractivity contribution < 1.29 is 13.9 Å². The van der Waals surface area contributed by atoms with Gasteiger partial charge in [-0.15, -0.1) is 0 Å². The summed E-state index contributed by atoms with van der Waals surface area (Å²) in [5.74, 6) is 0.516. The Morgan fingerprint density at radius 3 is 2.79 bits per heavy atom. The molecule has 152 valence electrons. The molecular weight excluding hydrogens is 369 g/mol. The van der Waals surface area contributed by atoms with E-state index in [1.54, 1.807) is 19.2 Å². The van der Waals surface area contributed by atoms with Crippen molar-refractivity contribution in [2.24, 2.45) is 0 Å². The maximum absolute atomic E-state index is 13.5.